The normalized spacial score (nSPS) is 15.6. The molecule has 4 rings (SSSR count). The van der Waals surface area contributed by atoms with Crippen molar-refractivity contribution in [1.82, 2.24) is 10.7 Å². The Balaban J connectivity index is 1.46. The lowest BCUT2D eigenvalue weighted by atomic mass is 9.92. The maximum atomic E-state index is 13.4. The molecular formula is C28H29N3O3. The number of para-hydroxylation sites is 1. The number of nitrogens with zero attached hydrogens (tertiary/aromatic N) is 1. The predicted molar refractivity (Wildman–Crippen MR) is 133 cm³/mol. The SMILES string of the molecule is Cc1ccc(CCC(=O)N[C@@H](C)C(=O)NN2C(=O)C(C)c3ccccc3-c3ccccc32)cc1. The molecule has 0 saturated carbocycles. The standard InChI is InChI=1S/C28H29N3O3/c1-18-12-14-21(15-13-18)16-17-26(32)29-20(3)27(33)30-31-25-11-7-6-10-24(25)23-9-5-4-8-22(23)19(2)28(31)34/h4-15,19-20H,16-17H2,1-3H3,(H,29,32)(H,30,33)/t19?,20-/m0/s1. The Morgan fingerprint density at radius 1 is 0.941 bits per heavy atom. The molecule has 3 aromatic rings. The van der Waals surface area contributed by atoms with Crippen LogP contribution < -0.4 is 15.8 Å². The first-order chi connectivity index (χ1) is 16.3. The highest BCUT2D eigenvalue weighted by Gasteiger charge is 2.33. The molecule has 0 aromatic heterocycles. The van der Waals surface area contributed by atoms with E-state index in [4.69, 9.17) is 0 Å². The Kier molecular flexibility index (Phi) is 6.77. The van der Waals surface area contributed by atoms with E-state index >= 15 is 0 Å². The van der Waals surface area contributed by atoms with Gasteiger partial charge in [0.25, 0.3) is 11.8 Å². The number of carbonyl (C=O) groups excluding carboxylic acids is 3. The summed E-state index contributed by atoms with van der Waals surface area (Å²) in [6.45, 7) is 5.47. The number of aryl methyl sites for hydroxylation is 2. The van der Waals surface area contributed by atoms with Gasteiger partial charge in [0.1, 0.15) is 6.04 Å². The zero-order valence-corrected chi connectivity index (χ0v) is 19.7. The van der Waals surface area contributed by atoms with Crippen molar-refractivity contribution >= 4 is 23.4 Å². The summed E-state index contributed by atoms with van der Waals surface area (Å²) in [6, 6.07) is 22.5. The lowest BCUT2D eigenvalue weighted by Gasteiger charge is -2.27. The van der Waals surface area contributed by atoms with Gasteiger partial charge in [-0.2, -0.15) is 0 Å². The number of anilines is 1. The van der Waals surface area contributed by atoms with E-state index in [1.807, 2.05) is 86.6 Å². The molecule has 1 aliphatic rings. The summed E-state index contributed by atoms with van der Waals surface area (Å²) in [5, 5.41) is 4.06. The Morgan fingerprint density at radius 2 is 1.59 bits per heavy atom. The molecule has 0 aliphatic carbocycles. The molecule has 6 nitrogen and oxygen atoms in total. The fourth-order valence-corrected chi connectivity index (χ4v) is 4.18. The van der Waals surface area contributed by atoms with Gasteiger partial charge in [-0.05, 0) is 49.9 Å². The van der Waals surface area contributed by atoms with Crippen molar-refractivity contribution in [3.8, 4) is 11.1 Å². The minimum atomic E-state index is -0.800. The number of rotatable bonds is 6. The minimum Gasteiger partial charge on any atom is -0.345 e. The first-order valence-corrected chi connectivity index (χ1v) is 11.5. The van der Waals surface area contributed by atoms with Crippen molar-refractivity contribution in [2.24, 2.45) is 0 Å². The summed E-state index contributed by atoms with van der Waals surface area (Å²) in [7, 11) is 0. The number of amides is 3. The minimum absolute atomic E-state index is 0.216. The average molecular weight is 456 g/mol. The van der Waals surface area contributed by atoms with Gasteiger partial charge in [-0.25, -0.2) is 5.01 Å². The number of hydrogen-bond donors (Lipinski definition) is 2. The molecule has 1 unspecified atom stereocenters. The summed E-state index contributed by atoms with van der Waals surface area (Å²) in [5.74, 6) is -1.34. The molecule has 1 heterocycles. The highest BCUT2D eigenvalue weighted by molar-refractivity contribution is 6.06. The second-order valence-electron chi connectivity index (χ2n) is 8.75. The maximum Gasteiger partial charge on any atom is 0.261 e. The van der Waals surface area contributed by atoms with Crippen molar-refractivity contribution in [2.75, 3.05) is 5.01 Å². The van der Waals surface area contributed by atoms with Crippen LogP contribution in [0.2, 0.25) is 0 Å². The van der Waals surface area contributed by atoms with E-state index in [-0.39, 0.29) is 18.2 Å². The fraction of sp³-hybridized carbons (Fsp3) is 0.250. The zero-order chi connectivity index (χ0) is 24.2. The lowest BCUT2D eigenvalue weighted by molar-refractivity contribution is -0.130. The maximum absolute atomic E-state index is 13.4. The number of carbonyl (C=O) groups is 3. The Bertz CT molecular complexity index is 1220. The van der Waals surface area contributed by atoms with Gasteiger partial charge in [0, 0.05) is 12.0 Å². The second kappa shape index (κ2) is 9.91. The van der Waals surface area contributed by atoms with Gasteiger partial charge in [-0.15, -0.1) is 0 Å². The number of benzene rings is 3. The molecule has 0 saturated heterocycles. The molecule has 2 atom stereocenters. The van der Waals surface area contributed by atoms with Gasteiger partial charge in [0.15, 0.2) is 0 Å². The number of hydrazine groups is 1. The molecule has 0 spiro atoms. The molecule has 174 valence electrons. The van der Waals surface area contributed by atoms with Gasteiger partial charge >= 0.3 is 0 Å². The van der Waals surface area contributed by atoms with Crippen LogP contribution >= 0.6 is 0 Å². The van der Waals surface area contributed by atoms with Gasteiger partial charge in [0.2, 0.25) is 5.91 Å². The van der Waals surface area contributed by atoms with Crippen LogP contribution in [-0.2, 0) is 20.8 Å². The summed E-state index contributed by atoms with van der Waals surface area (Å²) in [6.07, 6.45) is 0.868. The summed E-state index contributed by atoms with van der Waals surface area (Å²) >= 11 is 0. The van der Waals surface area contributed by atoms with Gasteiger partial charge < -0.3 is 5.32 Å². The van der Waals surface area contributed by atoms with Crippen molar-refractivity contribution in [2.45, 2.75) is 45.6 Å². The first-order valence-electron chi connectivity index (χ1n) is 11.5. The predicted octanol–water partition coefficient (Wildman–Crippen LogP) is 4.28. The quantitative estimate of drug-likeness (QED) is 0.582. The van der Waals surface area contributed by atoms with E-state index < -0.39 is 17.9 Å². The van der Waals surface area contributed by atoms with Crippen LogP contribution in [0.5, 0.6) is 0 Å². The van der Waals surface area contributed by atoms with E-state index in [0.717, 1.165) is 22.3 Å². The highest BCUT2D eigenvalue weighted by Crippen LogP contribution is 2.39. The highest BCUT2D eigenvalue weighted by atomic mass is 16.2. The van der Waals surface area contributed by atoms with Crippen LogP contribution in [0.1, 0.15) is 42.9 Å². The summed E-state index contributed by atoms with van der Waals surface area (Å²) in [5.41, 5.74) is 8.33. The van der Waals surface area contributed by atoms with Crippen LogP contribution in [0.15, 0.2) is 72.8 Å². The molecule has 2 N–H and O–H groups in total. The van der Waals surface area contributed by atoms with Crippen LogP contribution in [0.3, 0.4) is 0 Å². The molecule has 0 fully saturated rings. The van der Waals surface area contributed by atoms with Crippen LogP contribution in [0.4, 0.5) is 5.69 Å². The van der Waals surface area contributed by atoms with Gasteiger partial charge in [0.05, 0.1) is 11.6 Å². The molecule has 6 heteroatoms. The van der Waals surface area contributed by atoms with E-state index in [0.29, 0.717) is 12.1 Å². The van der Waals surface area contributed by atoms with E-state index in [2.05, 4.69) is 10.7 Å². The summed E-state index contributed by atoms with van der Waals surface area (Å²) in [4.78, 5) is 38.8. The van der Waals surface area contributed by atoms with E-state index in [9.17, 15) is 14.4 Å². The Hall–Kier alpha value is -3.93. The van der Waals surface area contributed by atoms with Crippen LogP contribution in [0, 0.1) is 6.92 Å². The fourth-order valence-electron chi connectivity index (χ4n) is 4.18. The Labute approximate surface area is 200 Å². The largest absolute Gasteiger partial charge is 0.345 e. The lowest BCUT2D eigenvalue weighted by Crippen LogP contribution is -2.54. The zero-order valence-electron chi connectivity index (χ0n) is 19.7. The van der Waals surface area contributed by atoms with E-state index in [1.54, 1.807) is 6.92 Å². The van der Waals surface area contributed by atoms with Crippen LogP contribution in [0.25, 0.3) is 11.1 Å². The first kappa shape index (κ1) is 23.2. The molecule has 34 heavy (non-hydrogen) atoms. The second-order valence-corrected chi connectivity index (χ2v) is 8.75. The number of nitrogens with one attached hydrogen (secondary N) is 2. The third-order valence-electron chi connectivity index (χ3n) is 6.21. The summed E-state index contributed by atoms with van der Waals surface area (Å²) < 4.78 is 0. The topological polar surface area (TPSA) is 78.5 Å². The molecular weight excluding hydrogens is 426 g/mol. The molecule has 0 bridgehead atoms. The van der Waals surface area contributed by atoms with Crippen LogP contribution in [-0.4, -0.2) is 23.8 Å². The van der Waals surface area contributed by atoms with Crippen molar-refractivity contribution in [1.29, 1.82) is 0 Å². The van der Waals surface area contributed by atoms with Gasteiger partial charge in [-0.3, -0.25) is 19.8 Å². The monoisotopic (exact) mass is 455 g/mol. The average Bonchev–Trinajstić information content (AvgIpc) is 2.93. The molecule has 1 aliphatic heterocycles. The van der Waals surface area contributed by atoms with Crippen molar-refractivity contribution in [3.63, 3.8) is 0 Å². The number of fused-ring (bicyclic) bond motifs is 3. The van der Waals surface area contributed by atoms with Crippen molar-refractivity contribution < 1.29 is 14.4 Å². The molecule has 3 aromatic carbocycles. The third kappa shape index (κ3) is 4.86. The molecule has 3 amide bonds. The Morgan fingerprint density at radius 3 is 2.32 bits per heavy atom. The van der Waals surface area contributed by atoms with E-state index in [1.165, 1.54) is 10.6 Å². The number of hydrogen-bond acceptors (Lipinski definition) is 3. The molecule has 0 radical (unpaired) electrons. The third-order valence-corrected chi connectivity index (χ3v) is 6.21. The van der Waals surface area contributed by atoms with Gasteiger partial charge in [-0.1, -0.05) is 72.3 Å². The van der Waals surface area contributed by atoms with Crippen molar-refractivity contribution in [3.05, 3.63) is 89.5 Å². The smallest absolute Gasteiger partial charge is 0.261 e.